The number of hydrogen-bond acceptors (Lipinski definition) is 7. The summed E-state index contributed by atoms with van der Waals surface area (Å²) in [7, 11) is -0.796. The molecule has 0 saturated heterocycles. The van der Waals surface area contributed by atoms with E-state index in [4.69, 9.17) is 4.74 Å². The van der Waals surface area contributed by atoms with Crippen molar-refractivity contribution in [1.82, 2.24) is 19.2 Å². The molecule has 4 rings (SSSR count). The van der Waals surface area contributed by atoms with E-state index in [1.54, 1.807) is 12.1 Å². The number of sulfonamides is 1. The Hall–Kier alpha value is -3.51. The number of ether oxygens (including phenoxy) is 1. The second kappa shape index (κ2) is 8.69. The van der Waals surface area contributed by atoms with E-state index in [1.807, 2.05) is 0 Å². The average molecular weight is 491 g/mol. The van der Waals surface area contributed by atoms with Crippen LogP contribution >= 0.6 is 0 Å². The van der Waals surface area contributed by atoms with Crippen LogP contribution in [0.5, 0.6) is 11.5 Å². The summed E-state index contributed by atoms with van der Waals surface area (Å²) in [5, 5.41) is 13.0. The number of rotatable bonds is 6. The molecule has 180 valence electrons. The van der Waals surface area contributed by atoms with Gasteiger partial charge >= 0.3 is 0 Å². The van der Waals surface area contributed by atoms with Crippen molar-refractivity contribution in [1.29, 1.82) is 0 Å². The van der Waals surface area contributed by atoms with Crippen LogP contribution < -0.4 is 15.6 Å². The van der Waals surface area contributed by atoms with Gasteiger partial charge in [-0.25, -0.2) is 17.1 Å². The Balaban J connectivity index is 1.91. The molecular formula is C22H23FN4O6S. The molecule has 3 heterocycles. The number of amides is 1. The van der Waals surface area contributed by atoms with Crippen LogP contribution in [0.1, 0.15) is 21.5 Å². The summed E-state index contributed by atoms with van der Waals surface area (Å²) < 4.78 is 45.8. The molecule has 10 nitrogen and oxygen atoms in total. The van der Waals surface area contributed by atoms with Gasteiger partial charge in [0.05, 0.1) is 19.3 Å². The lowest BCUT2D eigenvalue weighted by atomic mass is 10.0. The van der Waals surface area contributed by atoms with Crippen LogP contribution in [0.4, 0.5) is 4.39 Å². The van der Waals surface area contributed by atoms with Gasteiger partial charge < -0.3 is 15.2 Å². The zero-order valence-corrected chi connectivity index (χ0v) is 19.5. The third-order valence-corrected chi connectivity index (χ3v) is 7.01. The predicted octanol–water partition coefficient (Wildman–Crippen LogP) is 0.844. The van der Waals surface area contributed by atoms with E-state index < -0.39 is 38.9 Å². The summed E-state index contributed by atoms with van der Waals surface area (Å²) in [4.78, 5) is 29.9. The average Bonchev–Trinajstić information content (AvgIpc) is 2.78. The Morgan fingerprint density at radius 2 is 2.03 bits per heavy atom. The largest absolute Gasteiger partial charge is 0.505 e. The number of pyridine rings is 2. The normalized spacial score (nSPS) is 15.4. The fourth-order valence-corrected chi connectivity index (χ4v) is 4.35. The molecule has 0 unspecified atom stereocenters. The minimum absolute atomic E-state index is 0.00553. The second-order valence-corrected chi connectivity index (χ2v) is 10.2. The Bertz CT molecular complexity index is 1450. The number of carbonyl (C=O) groups is 1. The van der Waals surface area contributed by atoms with E-state index in [0.717, 1.165) is 16.1 Å². The van der Waals surface area contributed by atoms with Crippen LogP contribution in [0.3, 0.4) is 0 Å². The van der Waals surface area contributed by atoms with Gasteiger partial charge in [0.25, 0.3) is 11.5 Å². The number of nitrogens with one attached hydrogen (secondary N) is 1. The first kappa shape index (κ1) is 23.6. The number of carbonyl (C=O) groups excluding carboxylic acids is 1. The maximum atomic E-state index is 13.3. The van der Waals surface area contributed by atoms with Crippen molar-refractivity contribution in [3.63, 3.8) is 0 Å². The monoisotopic (exact) mass is 490 g/mol. The first-order chi connectivity index (χ1) is 16.0. The molecule has 1 aliphatic heterocycles. The minimum Gasteiger partial charge on any atom is -0.505 e. The quantitative estimate of drug-likeness (QED) is 0.524. The number of likely N-dealkylation sites (N-methyl/N-ethyl adjacent to an activating group) is 1. The predicted molar refractivity (Wildman–Crippen MR) is 122 cm³/mol. The third-order valence-electron chi connectivity index (χ3n) is 5.73. The minimum atomic E-state index is -3.52. The van der Waals surface area contributed by atoms with E-state index in [2.05, 4.69) is 10.3 Å². The summed E-state index contributed by atoms with van der Waals surface area (Å²) in [6, 6.07) is 5.83. The Morgan fingerprint density at radius 1 is 1.35 bits per heavy atom. The van der Waals surface area contributed by atoms with E-state index in [-0.39, 0.29) is 42.1 Å². The van der Waals surface area contributed by atoms with Gasteiger partial charge in [0.1, 0.15) is 28.5 Å². The Kier molecular flexibility index (Phi) is 6.04. The number of hydrogen-bond donors (Lipinski definition) is 2. The van der Waals surface area contributed by atoms with Gasteiger partial charge in [0.2, 0.25) is 10.0 Å². The molecule has 0 aliphatic carbocycles. The molecule has 2 aromatic heterocycles. The van der Waals surface area contributed by atoms with E-state index in [9.17, 15) is 27.5 Å². The van der Waals surface area contributed by atoms with Gasteiger partial charge in [-0.3, -0.25) is 19.1 Å². The highest BCUT2D eigenvalue weighted by Gasteiger charge is 2.32. The fraction of sp³-hybridized carbons (Fsp3) is 0.318. The molecule has 0 spiro atoms. The molecule has 1 atom stereocenters. The third kappa shape index (κ3) is 4.21. The molecule has 0 bridgehead atoms. The molecule has 1 aliphatic rings. The van der Waals surface area contributed by atoms with Crippen molar-refractivity contribution >= 4 is 27.0 Å². The lowest BCUT2D eigenvalue weighted by Crippen LogP contribution is -2.44. The Morgan fingerprint density at radius 3 is 2.65 bits per heavy atom. The molecule has 12 heteroatoms. The number of aromatic hydroxyl groups is 1. The van der Waals surface area contributed by atoms with Gasteiger partial charge in [-0.15, -0.1) is 0 Å². The summed E-state index contributed by atoms with van der Waals surface area (Å²) in [5.74, 6) is -1.49. The van der Waals surface area contributed by atoms with Crippen LogP contribution in [-0.4, -0.2) is 66.3 Å². The summed E-state index contributed by atoms with van der Waals surface area (Å²) >= 11 is 0. The lowest BCUT2D eigenvalue weighted by molar-refractivity contribution is 0.0956. The van der Waals surface area contributed by atoms with Crippen LogP contribution in [0.2, 0.25) is 0 Å². The second-order valence-electron chi connectivity index (χ2n) is 8.11. The summed E-state index contributed by atoms with van der Waals surface area (Å²) in [6.07, 6.45) is 2.03. The van der Waals surface area contributed by atoms with Gasteiger partial charge in [0.15, 0.2) is 11.5 Å². The highest BCUT2D eigenvalue weighted by Crippen LogP contribution is 2.37. The van der Waals surface area contributed by atoms with E-state index in [0.29, 0.717) is 5.56 Å². The van der Waals surface area contributed by atoms with Crippen LogP contribution in [-0.2, 0) is 23.0 Å². The number of benzene rings is 1. The topological polar surface area (TPSA) is 131 Å². The van der Waals surface area contributed by atoms with Crippen molar-refractivity contribution in [3.8, 4) is 11.5 Å². The highest BCUT2D eigenvalue weighted by molar-refractivity contribution is 7.88. The SMILES string of the molecule is CNC(=O)c1c(O)c2ncc(Cc3ccc(F)cc3)c3c2n(c1=O)C[C@@H](CN(C)S(C)(=O)=O)O3. The van der Waals surface area contributed by atoms with Gasteiger partial charge in [-0.05, 0) is 17.7 Å². The van der Waals surface area contributed by atoms with Crippen LogP contribution in [0.15, 0.2) is 35.3 Å². The van der Waals surface area contributed by atoms with Gasteiger partial charge in [-0.2, -0.15) is 0 Å². The van der Waals surface area contributed by atoms with Crippen molar-refractivity contribution in [2.45, 2.75) is 19.1 Å². The first-order valence-corrected chi connectivity index (χ1v) is 12.2. The number of aromatic nitrogens is 2. The Labute approximate surface area is 194 Å². The molecule has 0 fully saturated rings. The van der Waals surface area contributed by atoms with E-state index in [1.165, 1.54) is 37.0 Å². The first-order valence-electron chi connectivity index (χ1n) is 10.3. The smallest absolute Gasteiger partial charge is 0.268 e. The van der Waals surface area contributed by atoms with Crippen molar-refractivity contribution < 1.29 is 27.4 Å². The maximum absolute atomic E-state index is 13.3. The summed E-state index contributed by atoms with van der Waals surface area (Å²) in [5.41, 5.74) is 0.293. The highest BCUT2D eigenvalue weighted by atomic mass is 32.2. The molecule has 1 aromatic carbocycles. The molecule has 3 aromatic rings. The van der Waals surface area contributed by atoms with Gasteiger partial charge in [-0.1, -0.05) is 12.1 Å². The molecular weight excluding hydrogens is 467 g/mol. The van der Waals surface area contributed by atoms with Crippen molar-refractivity contribution in [2.24, 2.45) is 0 Å². The molecule has 0 saturated carbocycles. The molecule has 2 N–H and O–H groups in total. The van der Waals surface area contributed by atoms with E-state index >= 15 is 0 Å². The standard InChI is InChI=1S/C22H23FN4O6S/c1-24-21(29)16-19(28)17-18-20(13(9-25-17)8-12-4-6-14(23)7-5-12)33-15(11-27(18)22(16)30)10-26(2)34(3,31)32/h4-7,9,15,28H,8,10-11H2,1-3H3,(H,24,29)/t15-/m1/s1. The molecule has 0 radical (unpaired) electrons. The number of nitrogens with zero attached hydrogens (tertiary/aromatic N) is 3. The fourth-order valence-electron chi connectivity index (χ4n) is 3.91. The summed E-state index contributed by atoms with van der Waals surface area (Å²) in [6.45, 7) is -0.116. The van der Waals surface area contributed by atoms with Crippen LogP contribution in [0.25, 0.3) is 11.0 Å². The zero-order valence-electron chi connectivity index (χ0n) is 18.7. The molecule has 1 amide bonds. The maximum Gasteiger partial charge on any atom is 0.268 e. The van der Waals surface area contributed by atoms with Gasteiger partial charge in [0, 0.05) is 32.3 Å². The van der Waals surface area contributed by atoms with Crippen molar-refractivity contribution in [3.05, 3.63) is 63.3 Å². The lowest BCUT2D eigenvalue weighted by Gasteiger charge is -2.31. The van der Waals surface area contributed by atoms with Crippen LogP contribution in [0, 0.1) is 5.82 Å². The van der Waals surface area contributed by atoms with Crippen molar-refractivity contribution in [2.75, 3.05) is 26.9 Å². The molecule has 34 heavy (non-hydrogen) atoms. The zero-order chi connectivity index (χ0) is 24.8. The number of halogens is 1.